The Kier molecular flexibility index (Phi) is 4.15. The van der Waals surface area contributed by atoms with Gasteiger partial charge in [0.05, 0.1) is 27.8 Å². The highest BCUT2D eigenvalue weighted by Gasteiger charge is 2.25. The number of hydrogen-bond donors (Lipinski definition) is 0. The number of aromatic nitrogens is 4. The van der Waals surface area contributed by atoms with Crippen molar-refractivity contribution in [2.45, 2.75) is 0 Å². The van der Waals surface area contributed by atoms with Crippen molar-refractivity contribution in [2.24, 2.45) is 0 Å². The number of hydrogen-bond acceptors (Lipinski definition) is 2. The molecule has 4 nitrogen and oxygen atoms in total. The summed E-state index contributed by atoms with van der Waals surface area (Å²) >= 11 is 0. The van der Waals surface area contributed by atoms with Crippen LogP contribution in [-0.4, -0.2) is 19.1 Å². The van der Waals surface area contributed by atoms with Crippen molar-refractivity contribution in [1.29, 1.82) is 0 Å². The number of para-hydroxylation sites is 3. The van der Waals surface area contributed by atoms with Gasteiger partial charge in [0.2, 0.25) is 0 Å². The average Bonchev–Trinajstić information content (AvgIpc) is 3.68. The van der Waals surface area contributed by atoms with Crippen molar-refractivity contribution in [2.75, 3.05) is 0 Å². The third-order valence-electron chi connectivity index (χ3n) is 8.93. The third-order valence-corrected chi connectivity index (χ3v) is 8.93. The summed E-state index contributed by atoms with van der Waals surface area (Å²) in [6.45, 7) is 0. The van der Waals surface area contributed by atoms with Gasteiger partial charge in [0.15, 0.2) is 0 Å². The molecule has 0 saturated carbocycles. The van der Waals surface area contributed by atoms with E-state index in [9.17, 15) is 0 Å². The molecule has 0 fully saturated rings. The average molecular weight is 535 g/mol. The van der Waals surface area contributed by atoms with Crippen LogP contribution in [0.2, 0.25) is 0 Å². The van der Waals surface area contributed by atoms with Gasteiger partial charge in [-0.1, -0.05) is 72.8 Å². The van der Waals surface area contributed by atoms with Gasteiger partial charge in [-0.3, -0.25) is 9.55 Å². The molecule has 0 spiro atoms. The molecule has 1 aliphatic rings. The molecule has 4 heteroatoms. The largest absolute Gasteiger partial charge is 0.309 e. The minimum Gasteiger partial charge on any atom is -0.309 e. The van der Waals surface area contributed by atoms with Gasteiger partial charge in [-0.25, -0.2) is 4.98 Å². The van der Waals surface area contributed by atoms with E-state index in [2.05, 4.69) is 135 Å². The lowest BCUT2D eigenvalue weighted by molar-refractivity contribution is 1.09. The SMILES string of the molecule is c1cc2c3c(nc(-n4c5ccccc5c5cc(-n6c7ccccc7c7ccccc76)ccc54)cc3c1)-c1cnccc1-2. The molecule has 0 saturated heterocycles. The molecule has 0 unspecified atom stereocenters. The second-order valence-corrected chi connectivity index (χ2v) is 11.1. The van der Waals surface area contributed by atoms with Gasteiger partial charge in [-0.2, -0.15) is 0 Å². The summed E-state index contributed by atoms with van der Waals surface area (Å²) in [6, 6.07) is 43.7. The first-order chi connectivity index (χ1) is 20.8. The van der Waals surface area contributed by atoms with Gasteiger partial charge in [-0.15, -0.1) is 0 Å². The number of benzene rings is 5. The Morgan fingerprint density at radius 3 is 1.90 bits per heavy atom. The molecular weight excluding hydrogens is 512 g/mol. The van der Waals surface area contributed by atoms with Gasteiger partial charge < -0.3 is 4.57 Å². The van der Waals surface area contributed by atoms with Crippen LogP contribution in [0, 0.1) is 0 Å². The lowest BCUT2D eigenvalue weighted by Gasteiger charge is -2.11. The number of fused-ring (bicyclic) bond motifs is 9. The second-order valence-electron chi connectivity index (χ2n) is 11.1. The van der Waals surface area contributed by atoms with Gasteiger partial charge in [0, 0.05) is 50.6 Å². The Bertz CT molecular complexity index is 2530. The first kappa shape index (κ1) is 22.0. The predicted octanol–water partition coefficient (Wildman–Crippen LogP) is 9.47. The Morgan fingerprint density at radius 1 is 0.476 bits per heavy atom. The van der Waals surface area contributed by atoms with Crippen molar-refractivity contribution in [3.05, 3.63) is 134 Å². The molecule has 0 atom stereocenters. The van der Waals surface area contributed by atoms with Crippen LogP contribution in [-0.2, 0) is 0 Å². The third kappa shape index (κ3) is 2.76. The summed E-state index contributed by atoms with van der Waals surface area (Å²) in [4.78, 5) is 9.77. The molecule has 9 aromatic rings. The fraction of sp³-hybridized carbons (Fsp3) is 0. The van der Waals surface area contributed by atoms with Crippen LogP contribution in [0.4, 0.5) is 0 Å². The smallest absolute Gasteiger partial charge is 0.138 e. The van der Waals surface area contributed by atoms with Crippen LogP contribution in [0.25, 0.3) is 88.3 Å². The zero-order valence-corrected chi connectivity index (χ0v) is 22.5. The zero-order valence-electron chi connectivity index (χ0n) is 22.5. The van der Waals surface area contributed by atoms with Crippen molar-refractivity contribution >= 4 is 54.4 Å². The molecule has 0 radical (unpaired) electrons. The summed E-state index contributed by atoms with van der Waals surface area (Å²) in [7, 11) is 0. The Hall–Kier alpha value is -5.74. The minimum absolute atomic E-state index is 0.919. The van der Waals surface area contributed by atoms with E-state index in [0.29, 0.717) is 0 Å². The van der Waals surface area contributed by atoms with E-state index in [1.807, 2.05) is 12.4 Å². The molecular formula is C38H22N4. The molecule has 194 valence electrons. The topological polar surface area (TPSA) is 35.6 Å². The van der Waals surface area contributed by atoms with E-state index in [1.165, 1.54) is 54.5 Å². The normalized spacial score (nSPS) is 12.3. The van der Waals surface area contributed by atoms with Crippen molar-refractivity contribution in [1.82, 2.24) is 19.1 Å². The maximum Gasteiger partial charge on any atom is 0.138 e. The Balaban J connectivity index is 1.27. The Labute approximate surface area is 240 Å². The summed E-state index contributed by atoms with van der Waals surface area (Å²) < 4.78 is 4.70. The maximum atomic E-state index is 5.33. The molecule has 42 heavy (non-hydrogen) atoms. The summed E-state index contributed by atoms with van der Waals surface area (Å²) in [5.74, 6) is 0.919. The zero-order chi connectivity index (χ0) is 27.4. The van der Waals surface area contributed by atoms with Crippen LogP contribution in [0.15, 0.2) is 134 Å². The second kappa shape index (κ2) is 7.93. The quantitative estimate of drug-likeness (QED) is 0.221. The molecule has 0 N–H and O–H groups in total. The van der Waals surface area contributed by atoms with Gasteiger partial charge >= 0.3 is 0 Å². The van der Waals surface area contributed by atoms with Crippen LogP contribution < -0.4 is 0 Å². The lowest BCUT2D eigenvalue weighted by Crippen LogP contribution is -1.99. The highest BCUT2D eigenvalue weighted by Crippen LogP contribution is 2.46. The lowest BCUT2D eigenvalue weighted by atomic mass is 10.1. The fourth-order valence-electron chi connectivity index (χ4n) is 7.20. The minimum atomic E-state index is 0.919. The molecule has 1 aliphatic carbocycles. The van der Waals surface area contributed by atoms with Gasteiger partial charge in [0.25, 0.3) is 0 Å². The predicted molar refractivity (Wildman–Crippen MR) is 173 cm³/mol. The van der Waals surface area contributed by atoms with Crippen molar-refractivity contribution in [3.63, 3.8) is 0 Å². The Morgan fingerprint density at radius 2 is 1.14 bits per heavy atom. The fourth-order valence-corrected chi connectivity index (χ4v) is 7.20. The maximum absolute atomic E-state index is 5.33. The van der Waals surface area contributed by atoms with Crippen molar-refractivity contribution in [3.8, 4) is 33.9 Å². The highest BCUT2D eigenvalue weighted by molar-refractivity contribution is 6.15. The molecule has 4 heterocycles. The van der Waals surface area contributed by atoms with Crippen LogP contribution >= 0.6 is 0 Å². The first-order valence-corrected chi connectivity index (χ1v) is 14.3. The molecule has 4 aromatic heterocycles. The molecule has 5 aromatic carbocycles. The van der Waals surface area contributed by atoms with E-state index in [1.54, 1.807) is 0 Å². The van der Waals surface area contributed by atoms with Crippen molar-refractivity contribution < 1.29 is 0 Å². The van der Waals surface area contributed by atoms with E-state index in [-0.39, 0.29) is 0 Å². The van der Waals surface area contributed by atoms with Crippen LogP contribution in [0.3, 0.4) is 0 Å². The van der Waals surface area contributed by atoms with E-state index < -0.39 is 0 Å². The van der Waals surface area contributed by atoms with E-state index in [0.717, 1.165) is 33.8 Å². The molecule has 10 rings (SSSR count). The summed E-state index contributed by atoms with van der Waals surface area (Å²) in [6.07, 6.45) is 3.82. The standard InChI is InChI=1S/C38H22N4/c1-4-13-32-26(9-1)27-10-2-5-14-33(27)41(32)24-16-17-35-30(21-24)28-11-3-6-15-34(28)42(35)36-20-23-8-7-12-29-25-18-19-39-22-31(25)38(40-36)37(23)29/h1-22H. The number of nitrogens with zero attached hydrogens (tertiary/aromatic N) is 4. The summed E-state index contributed by atoms with van der Waals surface area (Å²) in [5, 5.41) is 7.35. The van der Waals surface area contributed by atoms with Gasteiger partial charge in [0.1, 0.15) is 5.82 Å². The van der Waals surface area contributed by atoms with Gasteiger partial charge in [-0.05, 0) is 65.0 Å². The monoisotopic (exact) mass is 534 g/mol. The van der Waals surface area contributed by atoms with Crippen LogP contribution in [0.5, 0.6) is 0 Å². The van der Waals surface area contributed by atoms with E-state index in [4.69, 9.17) is 4.98 Å². The van der Waals surface area contributed by atoms with Crippen LogP contribution in [0.1, 0.15) is 0 Å². The summed E-state index contributed by atoms with van der Waals surface area (Å²) in [5.41, 5.74) is 10.4. The first-order valence-electron chi connectivity index (χ1n) is 14.3. The van der Waals surface area contributed by atoms with E-state index >= 15 is 0 Å². The number of rotatable bonds is 2. The molecule has 0 aliphatic heterocycles. The number of pyridine rings is 2. The molecule has 0 bridgehead atoms. The highest BCUT2D eigenvalue weighted by atomic mass is 15.1. The molecule has 0 amide bonds.